The normalized spacial score (nSPS) is 13.1. The summed E-state index contributed by atoms with van der Waals surface area (Å²) in [6, 6.07) is 8.43. The number of aryl methyl sites for hydroxylation is 1. The van der Waals surface area contributed by atoms with Gasteiger partial charge in [-0.1, -0.05) is 41.3 Å². The van der Waals surface area contributed by atoms with E-state index >= 15 is 0 Å². The van der Waals surface area contributed by atoms with Crippen molar-refractivity contribution in [2.75, 3.05) is 0 Å². The van der Waals surface area contributed by atoms with Crippen LogP contribution >= 0.6 is 0 Å². The minimum Gasteiger partial charge on any atom is -0.0587 e. The van der Waals surface area contributed by atoms with Crippen molar-refractivity contribution in [3.05, 3.63) is 58.2 Å². The molecule has 0 radical (unpaired) electrons. The van der Waals surface area contributed by atoms with Gasteiger partial charge in [0.1, 0.15) is 0 Å². The minimum atomic E-state index is 1.11. The second kappa shape index (κ2) is 2.98. The Morgan fingerprint density at radius 1 is 0.923 bits per heavy atom. The van der Waals surface area contributed by atoms with Crippen LogP contribution < -0.4 is 0 Å². The Bertz CT molecular complexity index is 467. The van der Waals surface area contributed by atoms with Gasteiger partial charge in [0.2, 0.25) is 0 Å². The van der Waals surface area contributed by atoms with Crippen LogP contribution in [0.4, 0.5) is 0 Å². The highest BCUT2D eigenvalue weighted by atomic mass is 14.1. The van der Waals surface area contributed by atoms with Crippen molar-refractivity contribution in [2.24, 2.45) is 0 Å². The molecule has 0 aromatic heterocycles. The van der Waals surface area contributed by atoms with E-state index < -0.39 is 0 Å². The maximum atomic E-state index is 3.06. The van der Waals surface area contributed by atoms with Crippen molar-refractivity contribution >= 4 is 5.57 Å². The van der Waals surface area contributed by atoms with E-state index in [1.807, 2.05) is 6.92 Å². The first-order valence-corrected chi connectivity index (χ1v) is 4.32. The van der Waals surface area contributed by atoms with Crippen LogP contribution in [0.5, 0.6) is 0 Å². The van der Waals surface area contributed by atoms with Gasteiger partial charge in [-0.05, 0) is 25.1 Å². The van der Waals surface area contributed by atoms with Gasteiger partial charge in [0.25, 0.3) is 0 Å². The van der Waals surface area contributed by atoms with E-state index in [4.69, 9.17) is 0 Å². The van der Waals surface area contributed by atoms with Crippen LogP contribution in [0.25, 0.3) is 5.57 Å². The molecule has 62 valence electrons. The lowest BCUT2D eigenvalue weighted by molar-refractivity contribution is 1.44. The molecule has 1 aliphatic rings. The number of allylic oxidation sites excluding steroid dienone is 2. The molecule has 0 nitrogen and oxygen atoms in total. The molecule has 0 atom stereocenters. The molecular formula is C13H10. The van der Waals surface area contributed by atoms with E-state index in [0.717, 1.165) is 11.1 Å². The van der Waals surface area contributed by atoms with Crippen LogP contribution in [0.3, 0.4) is 0 Å². The van der Waals surface area contributed by atoms with E-state index in [1.54, 1.807) is 0 Å². The van der Waals surface area contributed by atoms with E-state index in [9.17, 15) is 0 Å². The van der Waals surface area contributed by atoms with E-state index in [1.165, 1.54) is 11.1 Å². The highest BCUT2D eigenvalue weighted by Gasteiger charge is 2.04. The summed E-state index contributed by atoms with van der Waals surface area (Å²) in [5.41, 5.74) is 13.6. The molecule has 0 fully saturated rings. The lowest BCUT2D eigenvalue weighted by Crippen LogP contribution is -1.83. The van der Waals surface area contributed by atoms with Crippen LogP contribution in [0.1, 0.15) is 18.1 Å². The minimum absolute atomic E-state index is 1.11. The van der Waals surface area contributed by atoms with Crippen LogP contribution in [-0.2, 0) is 0 Å². The second-order valence-corrected chi connectivity index (χ2v) is 3.24. The molecule has 0 heteroatoms. The van der Waals surface area contributed by atoms with Gasteiger partial charge in [0.15, 0.2) is 0 Å². The molecule has 2 rings (SSSR count). The molecular weight excluding hydrogens is 156 g/mol. The van der Waals surface area contributed by atoms with Crippen LogP contribution in [0, 0.1) is 6.92 Å². The molecule has 0 saturated carbocycles. The molecule has 0 heterocycles. The highest BCUT2D eigenvalue weighted by Crippen LogP contribution is 2.22. The summed E-state index contributed by atoms with van der Waals surface area (Å²) >= 11 is 0. The SMILES string of the molecule is CC1=C=C=C=C1c1ccc(C)cc1. The quantitative estimate of drug-likeness (QED) is 0.562. The summed E-state index contributed by atoms with van der Waals surface area (Å²) in [6.07, 6.45) is 0. The third kappa shape index (κ3) is 1.43. The van der Waals surface area contributed by atoms with E-state index in [-0.39, 0.29) is 0 Å². The topological polar surface area (TPSA) is 0 Å². The molecule has 0 amide bonds. The van der Waals surface area contributed by atoms with Crippen molar-refractivity contribution in [3.8, 4) is 0 Å². The van der Waals surface area contributed by atoms with E-state index in [0.29, 0.717) is 0 Å². The first-order chi connectivity index (χ1) is 6.27. The highest BCUT2D eigenvalue weighted by molar-refractivity contribution is 5.79. The van der Waals surface area contributed by atoms with Crippen molar-refractivity contribution in [1.82, 2.24) is 0 Å². The monoisotopic (exact) mass is 166 g/mol. The third-order valence-electron chi connectivity index (χ3n) is 2.15. The second-order valence-electron chi connectivity index (χ2n) is 3.24. The number of benzene rings is 1. The molecule has 1 aromatic carbocycles. The lowest BCUT2D eigenvalue weighted by Gasteiger charge is -2.01. The predicted molar refractivity (Wildman–Crippen MR) is 54.3 cm³/mol. The first-order valence-electron chi connectivity index (χ1n) is 4.32. The van der Waals surface area contributed by atoms with Crippen LogP contribution in [0.2, 0.25) is 0 Å². The Morgan fingerprint density at radius 3 is 2.15 bits per heavy atom. The Labute approximate surface area is 78.2 Å². The van der Waals surface area contributed by atoms with Crippen molar-refractivity contribution in [3.63, 3.8) is 0 Å². The number of hydrogen-bond donors (Lipinski definition) is 0. The van der Waals surface area contributed by atoms with Gasteiger partial charge in [-0.25, -0.2) is 0 Å². The Hall–Kier alpha value is -1.70. The molecule has 0 bridgehead atoms. The first kappa shape index (κ1) is 7.92. The Kier molecular flexibility index (Phi) is 1.81. The predicted octanol–water partition coefficient (Wildman–Crippen LogP) is 3.25. The maximum Gasteiger partial charge on any atom is 0.0440 e. The molecule has 0 saturated heterocycles. The molecule has 0 unspecified atom stereocenters. The van der Waals surface area contributed by atoms with Crippen molar-refractivity contribution < 1.29 is 0 Å². The summed E-state index contributed by atoms with van der Waals surface area (Å²) in [7, 11) is 0. The molecule has 13 heavy (non-hydrogen) atoms. The van der Waals surface area contributed by atoms with Crippen LogP contribution in [-0.4, -0.2) is 0 Å². The lowest BCUT2D eigenvalue weighted by atomic mass is 10.0. The van der Waals surface area contributed by atoms with Gasteiger partial charge in [-0.3, -0.25) is 0 Å². The largest absolute Gasteiger partial charge is 0.0587 e. The van der Waals surface area contributed by atoms with Gasteiger partial charge in [-0.2, -0.15) is 0 Å². The fourth-order valence-corrected chi connectivity index (χ4v) is 1.35. The third-order valence-corrected chi connectivity index (χ3v) is 2.15. The fraction of sp³-hybridized carbons (Fsp3) is 0.154. The number of hydrogen-bond acceptors (Lipinski definition) is 0. The zero-order valence-electron chi connectivity index (χ0n) is 7.81. The summed E-state index contributed by atoms with van der Waals surface area (Å²) in [5, 5.41) is 0. The zero-order valence-corrected chi connectivity index (χ0v) is 7.81. The average Bonchev–Trinajstić information content (AvgIpc) is 2.53. The zero-order chi connectivity index (χ0) is 9.26. The summed E-state index contributed by atoms with van der Waals surface area (Å²) in [6.45, 7) is 4.12. The Morgan fingerprint density at radius 2 is 1.62 bits per heavy atom. The average molecular weight is 166 g/mol. The summed E-state index contributed by atoms with van der Waals surface area (Å²) in [5.74, 6) is 0. The summed E-state index contributed by atoms with van der Waals surface area (Å²) < 4.78 is 0. The molecule has 0 N–H and O–H groups in total. The standard InChI is InChI=1S/C13H10/c1-10-6-8-12(9-7-10)13-5-3-4-11(13)2/h6-9H,1-2H3. The molecule has 1 aliphatic carbocycles. The van der Waals surface area contributed by atoms with Crippen molar-refractivity contribution in [2.45, 2.75) is 13.8 Å². The maximum absolute atomic E-state index is 3.06. The van der Waals surface area contributed by atoms with Gasteiger partial charge in [0.05, 0.1) is 0 Å². The molecule has 1 aromatic rings. The summed E-state index contributed by atoms with van der Waals surface area (Å²) in [4.78, 5) is 0. The number of rotatable bonds is 1. The van der Waals surface area contributed by atoms with E-state index in [2.05, 4.69) is 48.4 Å². The smallest absolute Gasteiger partial charge is 0.0440 e. The van der Waals surface area contributed by atoms with Crippen molar-refractivity contribution in [1.29, 1.82) is 0 Å². The van der Waals surface area contributed by atoms with Gasteiger partial charge >= 0.3 is 0 Å². The van der Waals surface area contributed by atoms with Gasteiger partial charge in [-0.15, -0.1) is 0 Å². The van der Waals surface area contributed by atoms with Gasteiger partial charge in [0, 0.05) is 11.1 Å². The molecule has 0 spiro atoms. The van der Waals surface area contributed by atoms with Crippen LogP contribution in [0.15, 0.2) is 47.0 Å². The fourth-order valence-electron chi connectivity index (χ4n) is 1.35. The molecule has 0 aliphatic heterocycles. The Balaban J connectivity index is 2.45. The van der Waals surface area contributed by atoms with Gasteiger partial charge < -0.3 is 0 Å².